The van der Waals surface area contributed by atoms with Gasteiger partial charge in [-0.05, 0) is 30.7 Å². The molecule has 6 nitrogen and oxygen atoms in total. The number of halogens is 3. The van der Waals surface area contributed by atoms with Gasteiger partial charge < -0.3 is 14.8 Å². The Morgan fingerprint density at radius 2 is 2.10 bits per heavy atom. The summed E-state index contributed by atoms with van der Waals surface area (Å²) in [5.74, 6) is -1.69. The van der Waals surface area contributed by atoms with Gasteiger partial charge >= 0.3 is 5.97 Å². The van der Waals surface area contributed by atoms with Crippen molar-refractivity contribution in [1.29, 1.82) is 0 Å². The highest BCUT2D eigenvalue weighted by Crippen LogP contribution is 2.36. The van der Waals surface area contributed by atoms with E-state index in [0.29, 0.717) is 17.9 Å². The number of nitrogens with zero attached hydrogens (tertiary/aromatic N) is 2. The van der Waals surface area contributed by atoms with Gasteiger partial charge in [-0.25, -0.2) is 18.6 Å². The first kappa shape index (κ1) is 21.9. The van der Waals surface area contributed by atoms with E-state index in [1.165, 1.54) is 37.6 Å². The number of aromatic nitrogens is 1. The molecule has 0 amide bonds. The number of benzene rings is 1. The van der Waals surface area contributed by atoms with Gasteiger partial charge in [0.2, 0.25) is 0 Å². The van der Waals surface area contributed by atoms with E-state index in [-0.39, 0.29) is 28.7 Å². The lowest BCUT2D eigenvalue weighted by molar-refractivity contribution is -0.136. The van der Waals surface area contributed by atoms with Crippen LogP contribution >= 0.6 is 11.6 Å². The predicted octanol–water partition coefficient (Wildman–Crippen LogP) is 3.96. The van der Waals surface area contributed by atoms with E-state index in [2.05, 4.69) is 15.3 Å². The molecule has 1 unspecified atom stereocenters. The van der Waals surface area contributed by atoms with Crippen LogP contribution in [0.15, 0.2) is 52.8 Å². The van der Waals surface area contributed by atoms with E-state index in [4.69, 9.17) is 21.1 Å². The Morgan fingerprint density at radius 3 is 2.77 bits per heavy atom. The number of nitrogens with one attached hydrogen (secondary N) is 1. The number of ether oxygens (including phenoxy) is 2. The Bertz CT molecular complexity index is 1010. The summed E-state index contributed by atoms with van der Waals surface area (Å²) in [5, 5.41) is 3.02. The van der Waals surface area contributed by atoms with Crippen LogP contribution in [0.2, 0.25) is 5.02 Å². The molecule has 158 valence electrons. The highest BCUT2D eigenvalue weighted by molar-refractivity contribution is 6.31. The maximum absolute atomic E-state index is 14.4. The highest BCUT2D eigenvalue weighted by atomic mass is 35.5. The van der Waals surface area contributed by atoms with Crippen molar-refractivity contribution in [2.45, 2.75) is 19.4 Å². The Kier molecular flexibility index (Phi) is 7.12. The maximum Gasteiger partial charge on any atom is 0.338 e. The first-order valence-corrected chi connectivity index (χ1v) is 9.63. The number of hydrogen-bond donors (Lipinski definition) is 1. The molecule has 0 saturated heterocycles. The standard InChI is InChI=1S/C21H20ClF2N3O3/c1-3-9-30-11-16-17(21(28)29-2)18(13-7-6-12(23)10-14(13)22)27-20(26-16)19-15(24)5-4-8-25-19/h4-8,10,18H,3,9,11H2,1-2H3,(H,26,27). The molecular formula is C21H20ClF2N3O3. The van der Waals surface area contributed by atoms with Crippen LogP contribution in [0.5, 0.6) is 0 Å². The molecule has 2 heterocycles. The third-order valence-corrected chi connectivity index (χ3v) is 4.69. The number of carbonyl (C=O) groups excluding carboxylic acids is 1. The molecule has 1 atom stereocenters. The number of rotatable bonds is 7. The van der Waals surface area contributed by atoms with Crippen LogP contribution in [0.3, 0.4) is 0 Å². The Morgan fingerprint density at radius 1 is 1.30 bits per heavy atom. The molecule has 1 aromatic carbocycles. The molecule has 0 bridgehead atoms. The third-order valence-electron chi connectivity index (χ3n) is 4.37. The van der Waals surface area contributed by atoms with Gasteiger partial charge in [-0.15, -0.1) is 0 Å². The van der Waals surface area contributed by atoms with Crippen LogP contribution in [0.25, 0.3) is 0 Å². The van der Waals surface area contributed by atoms with Crippen molar-refractivity contribution in [3.05, 3.63) is 75.7 Å². The zero-order valence-corrected chi connectivity index (χ0v) is 17.2. The summed E-state index contributed by atoms with van der Waals surface area (Å²) in [4.78, 5) is 21.2. The zero-order valence-electron chi connectivity index (χ0n) is 16.4. The normalized spacial score (nSPS) is 16.2. The molecule has 2 aromatic rings. The highest BCUT2D eigenvalue weighted by Gasteiger charge is 2.34. The lowest BCUT2D eigenvalue weighted by Gasteiger charge is -2.27. The van der Waals surface area contributed by atoms with Gasteiger partial charge in [0, 0.05) is 23.4 Å². The Labute approximate surface area is 177 Å². The monoisotopic (exact) mass is 435 g/mol. The van der Waals surface area contributed by atoms with Crippen molar-refractivity contribution in [3.8, 4) is 0 Å². The van der Waals surface area contributed by atoms with Crippen molar-refractivity contribution in [2.75, 3.05) is 20.3 Å². The first-order valence-electron chi connectivity index (χ1n) is 9.26. The molecule has 0 fully saturated rings. The number of methoxy groups -OCH3 is 1. The van der Waals surface area contributed by atoms with Gasteiger partial charge in [0.15, 0.2) is 11.7 Å². The molecule has 0 spiro atoms. The molecular weight excluding hydrogens is 416 g/mol. The fourth-order valence-electron chi connectivity index (χ4n) is 3.01. The minimum absolute atomic E-state index is 0.0288. The quantitative estimate of drug-likeness (QED) is 0.526. The summed E-state index contributed by atoms with van der Waals surface area (Å²) < 4.78 is 38.5. The molecule has 1 N–H and O–H groups in total. The molecule has 0 aliphatic carbocycles. The summed E-state index contributed by atoms with van der Waals surface area (Å²) in [6, 6.07) is 5.50. The topological polar surface area (TPSA) is 72.8 Å². The molecule has 0 saturated carbocycles. The fraction of sp³-hybridized carbons (Fsp3) is 0.286. The molecule has 1 aromatic heterocycles. The second kappa shape index (κ2) is 9.77. The molecule has 1 aliphatic heterocycles. The minimum atomic E-state index is -0.969. The lowest BCUT2D eigenvalue weighted by atomic mass is 9.95. The molecule has 9 heteroatoms. The van der Waals surface area contributed by atoms with Gasteiger partial charge in [-0.3, -0.25) is 4.99 Å². The van der Waals surface area contributed by atoms with E-state index in [1.54, 1.807) is 0 Å². The lowest BCUT2D eigenvalue weighted by Crippen LogP contribution is -2.36. The summed E-state index contributed by atoms with van der Waals surface area (Å²) in [5.41, 5.74) is 0.817. The Balaban J connectivity index is 2.16. The zero-order chi connectivity index (χ0) is 21.7. The van der Waals surface area contributed by atoms with Crippen LogP contribution in [-0.4, -0.2) is 37.1 Å². The van der Waals surface area contributed by atoms with Crippen LogP contribution in [0, 0.1) is 11.6 Å². The number of aliphatic imine (C=N–C) groups is 1. The van der Waals surface area contributed by atoms with E-state index in [0.717, 1.165) is 12.5 Å². The fourth-order valence-corrected chi connectivity index (χ4v) is 3.28. The third kappa shape index (κ3) is 4.66. The summed E-state index contributed by atoms with van der Waals surface area (Å²) >= 11 is 6.25. The van der Waals surface area contributed by atoms with Crippen LogP contribution < -0.4 is 5.32 Å². The number of hydrogen-bond acceptors (Lipinski definition) is 6. The largest absolute Gasteiger partial charge is 0.466 e. The minimum Gasteiger partial charge on any atom is -0.466 e. The first-order chi connectivity index (χ1) is 14.5. The second-order valence-corrected chi connectivity index (χ2v) is 6.85. The van der Waals surface area contributed by atoms with E-state index >= 15 is 0 Å². The van der Waals surface area contributed by atoms with E-state index < -0.39 is 23.6 Å². The van der Waals surface area contributed by atoms with Crippen LogP contribution in [-0.2, 0) is 14.3 Å². The van der Waals surface area contributed by atoms with E-state index in [9.17, 15) is 13.6 Å². The van der Waals surface area contributed by atoms with Gasteiger partial charge in [0.1, 0.15) is 17.6 Å². The molecule has 0 radical (unpaired) electrons. The number of amidine groups is 1. The predicted molar refractivity (Wildman–Crippen MR) is 108 cm³/mol. The van der Waals surface area contributed by atoms with Crippen molar-refractivity contribution in [1.82, 2.24) is 10.3 Å². The van der Waals surface area contributed by atoms with Crippen molar-refractivity contribution < 1.29 is 23.0 Å². The maximum atomic E-state index is 14.4. The summed E-state index contributed by atoms with van der Waals surface area (Å²) in [6.45, 7) is 2.42. The number of esters is 1. The number of pyridine rings is 1. The molecule has 1 aliphatic rings. The van der Waals surface area contributed by atoms with Crippen molar-refractivity contribution in [2.24, 2.45) is 4.99 Å². The van der Waals surface area contributed by atoms with Gasteiger partial charge in [-0.1, -0.05) is 24.6 Å². The van der Waals surface area contributed by atoms with Crippen molar-refractivity contribution >= 4 is 23.4 Å². The van der Waals surface area contributed by atoms with Crippen molar-refractivity contribution in [3.63, 3.8) is 0 Å². The average molecular weight is 436 g/mol. The average Bonchev–Trinajstić information content (AvgIpc) is 2.73. The Hall–Kier alpha value is -2.84. The van der Waals surface area contributed by atoms with Gasteiger partial charge in [0.25, 0.3) is 0 Å². The molecule has 30 heavy (non-hydrogen) atoms. The number of carbonyl (C=O) groups is 1. The summed E-state index contributed by atoms with van der Waals surface area (Å²) in [7, 11) is 1.24. The van der Waals surface area contributed by atoms with Gasteiger partial charge in [-0.2, -0.15) is 0 Å². The smallest absolute Gasteiger partial charge is 0.338 e. The van der Waals surface area contributed by atoms with Gasteiger partial charge in [0.05, 0.1) is 25.0 Å². The van der Waals surface area contributed by atoms with E-state index in [1.807, 2.05) is 6.92 Å². The second-order valence-electron chi connectivity index (χ2n) is 6.44. The molecule has 3 rings (SSSR count). The van der Waals surface area contributed by atoms with Crippen LogP contribution in [0.4, 0.5) is 8.78 Å². The SMILES string of the molecule is CCCOCC1=C(C(=O)OC)C(c2ccc(F)cc2Cl)N=C(c2ncccc2F)N1. The summed E-state index contributed by atoms with van der Waals surface area (Å²) in [6.07, 6.45) is 2.19. The van der Waals surface area contributed by atoms with Crippen LogP contribution in [0.1, 0.15) is 30.6 Å².